The molecule has 0 N–H and O–H groups in total. The Hall–Kier alpha value is -2.87. The Labute approximate surface area is 168 Å². The van der Waals surface area contributed by atoms with Crippen molar-refractivity contribution >= 4 is 16.7 Å². The molecule has 0 unspecified atom stereocenters. The van der Waals surface area contributed by atoms with Gasteiger partial charge in [-0.05, 0) is 38.3 Å². The number of anilines is 1. The first-order valence-electron chi connectivity index (χ1n) is 10.1. The van der Waals surface area contributed by atoms with Crippen molar-refractivity contribution in [2.45, 2.75) is 43.9 Å². The summed E-state index contributed by atoms with van der Waals surface area (Å²) in [7, 11) is 1.59. The fraction of sp³-hybridized carbons (Fsp3) is 0.476. The van der Waals surface area contributed by atoms with Crippen LogP contribution in [-0.4, -0.2) is 57.8 Å². The number of hydrogen-bond donors (Lipinski definition) is 0. The number of rotatable bonds is 5. The van der Waals surface area contributed by atoms with Crippen molar-refractivity contribution in [2.75, 3.05) is 25.2 Å². The third-order valence-corrected chi connectivity index (χ3v) is 6.13. The van der Waals surface area contributed by atoms with E-state index in [2.05, 4.69) is 26.9 Å². The molecular formula is C21H23N5O3. The summed E-state index contributed by atoms with van der Waals surface area (Å²) in [5, 5.41) is 5.62. The molecule has 29 heavy (non-hydrogen) atoms. The topological polar surface area (TPSA) is 74.5 Å². The van der Waals surface area contributed by atoms with E-state index >= 15 is 0 Å². The minimum Gasteiger partial charge on any atom is -0.487 e. The van der Waals surface area contributed by atoms with Crippen LogP contribution in [0.3, 0.4) is 0 Å². The SMILES string of the molecule is COc1nc(N2C[C@@H]3C[C@H]2CO3)cc(-n2ncc3ccc(OC4(C)CC4)cc32)n1. The van der Waals surface area contributed by atoms with Gasteiger partial charge in [0.25, 0.3) is 0 Å². The van der Waals surface area contributed by atoms with Gasteiger partial charge < -0.3 is 19.1 Å². The van der Waals surface area contributed by atoms with Gasteiger partial charge >= 0.3 is 6.01 Å². The van der Waals surface area contributed by atoms with E-state index in [1.807, 2.05) is 35.1 Å². The number of hydrogen-bond acceptors (Lipinski definition) is 7. The van der Waals surface area contributed by atoms with Gasteiger partial charge in [0.15, 0.2) is 5.82 Å². The zero-order valence-corrected chi connectivity index (χ0v) is 16.5. The molecule has 8 heteroatoms. The second-order valence-electron chi connectivity index (χ2n) is 8.40. The van der Waals surface area contributed by atoms with Gasteiger partial charge in [0.1, 0.15) is 17.2 Å². The molecule has 0 amide bonds. The summed E-state index contributed by atoms with van der Waals surface area (Å²) in [5.41, 5.74) is 0.922. The van der Waals surface area contributed by atoms with Crippen molar-refractivity contribution in [3.8, 4) is 17.6 Å². The number of benzene rings is 1. The van der Waals surface area contributed by atoms with E-state index < -0.39 is 0 Å². The van der Waals surface area contributed by atoms with E-state index in [1.54, 1.807) is 7.11 Å². The molecule has 1 aromatic carbocycles. The van der Waals surface area contributed by atoms with E-state index in [4.69, 9.17) is 14.2 Å². The number of ether oxygens (including phenoxy) is 3. The number of fused-ring (bicyclic) bond motifs is 3. The van der Waals surface area contributed by atoms with Crippen LogP contribution in [0.2, 0.25) is 0 Å². The lowest BCUT2D eigenvalue weighted by Gasteiger charge is -2.28. The van der Waals surface area contributed by atoms with Crippen molar-refractivity contribution in [3.63, 3.8) is 0 Å². The van der Waals surface area contributed by atoms with Crippen molar-refractivity contribution in [1.29, 1.82) is 0 Å². The molecule has 2 bridgehead atoms. The lowest BCUT2D eigenvalue weighted by Crippen LogP contribution is -2.37. The Morgan fingerprint density at radius 3 is 2.76 bits per heavy atom. The predicted octanol–water partition coefficient (Wildman–Crippen LogP) is 2.73. The summed E-state index contributed by atoms with van der Waals surface area (Å²) in [4.78, 5) is 11.4. The van der Waals surface area contributed by atoms with Gasteiger partial charge in [0.2, 0.25) is 0 Å². The van der Waals surface area contributed by atoms with Crippen molar-refractivity contribution in [1.82, 2.24) is 19.7 Å². The summed E-state index contributed by atoms with van der Waals surface area (Å²) in [6, 6.07) is 8.75. The third-order valence-electron chi connectivity index (χ3n) is 6.13. The molecule has 1 aliphatic carbocycles. The number of aromatic nitrogens is 4. The molecule has 2 saturated heterocycles. The average molecular weight is 393 g/mol. The smallest absolute Gasteiger partial charge is 0.320 e. The van der Waals surface area contributed by atoms with E-state index in [-0.39, 0.29) is 5.60 Å². The normalized spacial score (nSPS) is 24.3. The summed E-state index contributed by atoms with van der Waals surface area (Å²) in [6.07, 6.45) is 5.37. The summed E-state index contributed by atoms with van der Waals surface area (Å²) in [5.74, 6) is 2.39. The molecule has 8 nitrogen and oxygen atoms in total. The Bertz CT molecular complexity index is 1090. The van der Waals surface area contributed by atoms with Crippen LogP contribution in [-0.2, 0) is 4.74 Å². The molecule has 3 aromatic rings. The Morgan fingerprint density at radius 2 is 2.03 bits per heavy atom. The number of methoxy groups -OCH3 is 1. The highest BCUT2D eigenvalue weighted by molar-refractivity contribution is 5.81. The minimum atomic E-state index is -0.0268. The highest BCUT2D eigenvalue weighted by atomic mass is 16.5. The molecule has 150 valence electrons. The van der Waals surface area contributed by atoms with Crippen LogP contribution < -0.4 is 14.4 Å². The molecule has 0 spiro atoms. The Kier molecular flexibility index (Phi) is 3.56. The second-order valence-corrected chi connectivity index (χ2v) is 8.40. The average Bonchev–Trinajstić information content (AvgIpc) is 3.14. The van der Waals surface area contributed by atoms with E-state index in [9.17, 15) is 0 Å². The van der Waals surface area contributed by atoms with E-state index in [1.165, 1.54) is 0 Å². The molecule has 2 aromatic heterocycles. The molecule has 1 saturated carbocycles. The molecule has 2 aliphatic heterocycles. The minimum absolute atomic E-state index is 0.0268. The molecule has 2 atom stereocenters. The van der Waals surface area contributed by atoms with Gasteiger partial charge in [-0.1, -0.05) is 0 Å². The zero-order valence-electron chi connectivity index (χ0n) is 16.5. The number of morpholine rings is 1. The summed E-state index contributed by atoms with van der Waals surface area (Å²) < 4.78 is 19.1. The molecule has 3 aliphatic rings. The van der Waals surface area contributed by atoms with Crippen molar-refractivity contribution in [3.05, 3.63) is 30.5 Å². The third kappa shape index (κ3) is 2.90. The summed E-state index contributed by atoms with van der Waals surface area (Å²) >= 11 is 0. The van der Waals surface area contributed by atoms with Crippen LogP contribution in [0.1, 0.15) is 26.2 Å². The van der Waals surface area contributed by atoms with Gasteiger partial charge in [0.05, 0.1) is 37.6 Å². The highest BCUT2D eigenvalue weighted by Gasteiger charge is 2.41. The van der Waals surface area contributed by atoms with Gasteiger partial charge in [-0.2, -0.15) is 15.1 Å². The van der Waals surface area contributed by atoms with Gasteiger partial charge in [0, 0.05) is 24.1 Å². The molecule has 0 radical (unpaired) electrons. The van der Waals surface area contributed by atoms with Crippen LogP contribution >= 0.6 is 0 Å². The van der Waals surface area contributed by atoms with Gasteiger partial charge in [-0.15, -0.1) is 0 Å². The second kappa shape index (κ2) is 6.06. The maximum atomic E-state index is 6.14. The van der Waals surface area contributed by atoms with Crippen molar-refractivity contribution in [2.24, 2.45) is 0 Å². The number of nitrogens with zero attached hydrogens (tertiary/aromatic N) is 5. The largest absolute Gasteiger partial charge is 0.487 e. The maximum Gasteiger partial charge on any atom is 0.320 e. The summed E-state index contributed by atoms with van der Waals surface area (Å²) in [6.45, 7) is 3.74. The predicted molar refractivity (Wildman–Crippen MR) is 107 cm³/mol. The lowest BCUT2D eigenvalue weighted by molar-refractivity contribution is 0.0988. The van der Waals surface area contributed by atoms with E-state index in [0.717, 1.165) is 54.9 Å². The fourth-order valence-corrected chi connectivity index (χ4v) is 4.24. The highest BCUT2D eigenvalue weighted by Crippen LogP contribution is 2.40. The quantitative estimate of drug-likeness (QED) is 0.660. The van der Waals surface area contributed by atoms with Crippen molar-refractivity contribution < 1.29 is 14.2 Å². The van der Waals surface area contributed by atoms with Gasteiger partial charge in [-0.25, -0.2) is 4.68 Å². The first-order valence-corrected chi connectivity index (χ1v) is 10.1. The van der Waals surface area contributed by atoms with Crippen LogP contribution in [0.15, 0.2) is 30.5 Å². The maximum absolute atomic E-state index is 6.14. The van der Waals surface area contributed by atoms with E-state index in [0.29, 0.717) is 24.0 Å². The lowest BCUT2D eigenvalue weighted by atomic mass is 10.2. The monoisotopic (exact) mass is 393 g/mol. The molecule has 6 rings (SSSR count). The Balaban J connectivity index is 1.41. The van der Waals surface area contributed by atoms with Gasteiger partial charge in [-0.3, -0.25) is 0 Å². The first-order chi connectivity index (χ1) is 14.1. The molecular weight excluding hydrogens is 370 g/mol. The molecule has 3 fully saturated rings. The zero-order chi connectivity index (χ0) is 19.6. The van der Waals surface area contributed by atoms with Crippen LogP contribution in [0.25, 0.3) is 16.7 Å². The fourth-order valence-electron chi connectivity index (χ4n) is 4.24. The van der Waals surface area contributed by atoms with Crippen LogP contribution in [0, 0.1) is 0 Å². The Morgan fingerprint density at radius 1 is 1.17 bits per heavy atom. The standard InChI is InChI=1S/C21H23N5O3/c1-21(5-6-21)29-15-4-3-13-10-22-26(17(13)8-15)19-9-18(23-20(24-19)27-2)25-11-16-7-14(25)12-28-16/h3-4,8-10,14,16H,5-7,11-12H2,1-2H3/t14-,16-/m0/s1. The first kappa shape index (κ1) is 17.0. The van der Waals surface area contributed by atoms with Crippen LogP contribution in [0.4, 0.5) is 5.82 Å². The molecule has 4 heterocycles. The van der Waals surface area contributed by atoms with Crippen LogP contribution in [0.5, 0.6) is 11.8 Å².